The van der Waals surface area contributed by atoms with Gasteiger partial charge in [0.1, 0.15) is 0 Å². The van der Waals surface area contributed by atoms with Crippen molar-refractivity contribution >= 4 is 16.1 Å². The molecule has 0 aromatic rings. The molecule has 0 aliphatic carbocycles. The van der Waals surface area contributed by atoms with Gasteiger partial charge in [-0.05, 0) is 12.8 Å². The van der Waals surface area contributed by atoms with E-state index in [4.69, 9.17) is 4.74 Å². The first-order chi connectivity index (χ1) is 11.3. The minimum atomic E-state index is -3.40. The van der Waals surface area contributed by atoms with Gasteiger partial charge in [0.25, 0.3) is 10.2 Å². The fourth-order valence-corrected chi connectivity index (χ4v) is 4.45. The third-order valence-corrected chi connectivity index (χ3v) is 6.64. The Labute approximate surface area is 145 Å². The maximum absolute atomic E-state index is 12.2. The zero-order valence-electron chi connectivity index (χ0n) is 15.0. The van der Waals surface area contributed by atoms with Gasteiger partial charge in [0.05, 0.1) is 13.2 Å². The molecule has 140 valence electrons. The van der Waals surface area contributed by atoms with E-state index in [1.807, 2.05) is 4.90 Å². The molecule has 2 saturated heterocycles. The lowest BCUT2D eigenvalue weighted by Crippen LogP contribution is -2.45. The molecule has 2 heterocycles. The van der Waals surface area contributed by atoms with E-state index >= 15 is 0 Å². The minimum absolute atomic E-state index is 0.0195. The standard InChI is InChI=1S/C15H30N4O4S/c1-14(20)19(7-4-6-17-9-11-23-12-10-17)15-5-8-18(13-15)24(21,22)16(2)3/h15H,4-13H2,1-3H3. The zero-order valence-corrected chi connectivity index (χ0v) is 15.8. The number of hydrogen-bond donors (Lipinski definition) is 0. The maximum atomic E-state index is 12.2. The minimum Gasteiger partial charge on any atom is -0.379 e. The molecule has 9 heteroatoms. The van der Waals surface area contributed by atoms with Crippen LogP contribution in [0.5, 0.6) is 0 Å². The highest BCUT2D eigenvalue weighted by molar-refractivity contribution is 7.86. The molecule has 1 unspecified atom stereocenters. The van der Waals surface area contributed by atoms with Crippen molar-refractivity contribution < 1.29 is 17.9 Å². The van der Waals surface area contributed by atoms with Gasteiger partial charge in [-0.15, -0.1) is 0 Å². The summed E-state index contributed by atoms with van der Waals surface area (Å²) < 4.78 is 32.5. The molecule has 0 N–H and O–H groups in total. The van der Waals surface area contributed by atoms with Crippen LogP contribution in [0.25, 0.3) is 0 Å². The molecule has 0 aromatic carbocycles. The van der Waals surface area contributed by atoms with Crippen LogP contribution in [-0.2, 0) is 19.7 Å². The molecular weight excluding hydrogens is 332 g/mol. The summed E-state index contributed by atoms with van der Waals surface area (Å²) in [5.41, 5.74) is 0. The lowest BCUT2D eigenvalue weighted by molar-refractivity contribution is -0.131. The van der Waals surface area contributed by atoms with Crippen LogP contribution < -0.4 is 0 Å². The Kier molecular flexibility index (Phi) is 6.99. The largest absolute Gasteiger partial charge is 0.379 e. The predicted molar refractivity (Wildman–Crippen MR) is 91.8 cm³/mol. The molecule has 2 aliphatic rings. The Balaban J connectivity index is 1.85. The van der Waals surface area contributed by atoms with E-state index in [1.54, 1.807) is 6.92 Å². The zero-order chi connectivity index (χ0) is 17.7. The summed E-state index contributed by atoms with van der Waals surface area (Å²) >= 11 is 0. The lowest BCUT2D eigenvalue weighted by Gasteiger charge is -2.31. The molecule has 8 nitrogen and oxygen atoms in total. The van der Waals surface area contributed by atoms with Crippen LogP contribution in [0, 0.1) is 0 Å². The highest BCUT2D eigenvalue weighted by Crippen LogP contribution is 2.20. The van der Waals surface area contributed by atoms with Gasteiger partial charge in [-0.3, -0.25) is 9.69 Å². The summed E-state index contributed by atoms with van der Waals surface area (Å²) in [6.07, 6.45) is 1.60. The van der Waals surface area contributed by atoms with Crippen molar-refractivity contribution in [3.05, 3.63) is 0 Å². The molecule has 0 bridgehead atoms. The normalized spacial score (nSPS) is 23.8. The number of rotatable bonds is 7. The molecule has 0 spiro atoms. The van der Waals surface area contributed by atoms with Crippen LogP contribution in [-0.4, -0.2) is 105 Å². The molecule has 2 rings (SSSR count). The van der Waals surface area contributed by atoms with Crippen LogP contribution in [0.1, 0.15) is 19.8 Å². The van der Waals surface area contributed by atoms with Crippen LogP contribution in [0.15, 0.2) is 0 Å². The molecular formula is C15H30N4O4S. The van der Waals surface area contributed by atoms with E-state index in [-0.39, 0.29) is 11.9 Å². The van der Waals surface area contributed by atoms with E-state index in [0.29, 0.717) is 26.1 Å². The van der Waals surface area contributed by atoms with Gasteiger partial charge in [0.15, 0.2) is 0 Å². The van der Waals surface area contributed by atoms with Crippen molar-refractivity contribution in [3.8, 4) is 0 Å². The van der Waals surface area contributed by atoms with E-state index in [9.17, 15) is 13.2 Å². The van der Waals surface area contributed by atoms with Crippen LogP contribution in [0.4, 0.5) is 0 Å². The summed E-state index contributed by atoms with van der Waals surface area (Å²) in [5.74, 6) is 0.0195. The number of carbonyl (C=O) groups excluding carboxylic acids is 1. The highest BCUT2D eigenvalue weighted by atomic mass is 32.2. The Morgan fingerprint density at radius 1 is 1.21 bits per heavy atom. The number of nitrogens with zero attached hydrogens (tertiary/aromatic N) is 4. The third kappa shape index (κ3) is 4.89. The Morgan fingerprint density at radius 2 is 1.88 bits per heavy atom. The summed E-state index contributed by atoms with van der Waals surface area (Å²) in [5, 5.41) is 0. The van der Waals surface area contributed by atoms with Crippen LogP contribution >= 0.6 is 0 Å². The van der Waals surface area contributed by atoms with Crippen molar-refractivity contribution in [1.29, 1.82) is 0 Å². The van der Waals surface area contributed by atoms with Gasteiger partial charge >= 0.3 is 0 Å². The second-order valence-corrected chi connectivity index (χ2v) is 8.75. The second kappa shape index (κ2) is 8.57. The van der Waals surface area contributed by atoms with Gasteiger partial charge in [-0.1, -0.05) is 0 Å². The van der Waals surface area contributed by atoms with Gasteiger partial charge in [-0.25, -0.2) is 0 Å². The SMILES string of the molecule is CC(=O)N(CCCN1CCOCC1)C1CCN(S(=O)(=O)N(C)C)C1. The Bertz CT molecular complexity index is 520. The number of amides is 1. The molecule has 2 fully saturated rings. The fourth-order valence-electron chi connectivity index (χ4n) is 3.29. The monoisotopic (exact) mass is 362 g/mol. The molecule has 2 aliphatic heterocycles. The molecule has 0 saturated carbocycles. The molecule has 1 atom stereocenters. The van der Waals surface area contributed by atoms with Gasteiger partial charge in [-0.2, -0.15) is 17.0 Å². The first-order valence-electron chi connectivity index (χ1n) is 8.57. The summed E-state index contributed by atoms with van der Waals surface area (Å²) in [6.45, 7) is 7.48. The molecule has 0 radical (unpaired) electrons. The number of hydrogen-bond acceptors (Lipinski definition) is 5. The quantitative estimate of drug-likeness (QED) is 0.607. The second-order valence-electron chi connectivity index (χ2n) is 6.61. The summed E-state index contributed by atoms with van der Waals surface area (Å²) in [7, 11) is -0.329. The van der Waals surface area contributed by atoms with Crippen molar-refractivity contribution in [2.75, 3.05) is 66.6 Å². The number of carbonyl (C=O) groups is 1. The third-order valence-electron chi connectivity index (χ3n) is 4.74. The van der Waals surface area contributed by atoms with Crippen molar-refractivity contribution in [2.24, 2.45) is 0 Å². The van der Waals surface area contributed by atoms with E-state index in [2.05, 4.69) is 4.90 Å². The first-order valence-corrected chi connectivity index (χ1v) is 9.97. The fraction of sp³-hybridized carbons (Fsp3) is 0.933. The van der Waals surface area contributed by atoms with Crippen molar-refractivity contribution in [2.45, 2.75) is 25.8 Å². The van der Waals surface area contributed by atoms with Gasteiger partial charge in [0.2, 0.25) is 5.91 Å². The van der Waals surface area contributed by atoms with Crippen molar-refractivity contribution in [1.82, 2.24) is 18.4 Å². The van der Waals surface area contributed by atoms with E-state index in [0.717, 1.165) is 39.3 Å². The summed E-state index contributed by atoms with van der Waals surface area (Å²) in [4.78, 5) is 16.2. The lowest BCUT2D eigenvalue weighted by atomic mass is 10.2. The molecule has 24 heavy (non-hydrogen) atoms. The number of ether oxygens (including phenoxy) is 1. The first kappa shape index (κ1) is 19.6. The van der Waals surface area contributed by atoms with Crippen molar-refractivity contribution in [3.63, 3.8) is 0 Å². The Hall–Kier alpha value is -0.740. The average Bonchev–Trinajstić information content (AvgIpc) is 3.02. The maximum Gasteiger partial charge on any atom is 0.281 e. The smallest absolute Gasteiger partial charge is 0.281 e. The van der Waals surface area contributed by atoms with Crippen LogP contribution in [0.2, 0.25) is 0 Å². The highest BCUT2D eigenvalue weighted by Gasteiger charge is 2.36. The van der Waals surface area contributed by atoms with E-state index < -0.39 is 10.2 Å². The van der Waals surface area contributed by atoms with Gasteiger partial charge in [0, 0.05) is 66.3 Å². The molecule has 1 amide bonds. The summed E-state index contributed by atoms with van der Waals surface area (Å²) in [6, 6.07) is -0.0260. The topological polar surface area (TPSA) is 73.4 Å². The van der Waals surface area contributed by atoms with Crippen LogP contribution in [0.3, 0.4) is 0 Å². The Morgan fingerprint density at radius 3 is 2.46 bits per heavy atom. The predicted octanol–water partition coefficient (Wildman–Crippen LogP) is -0.562. The average molecular weight is 362 g/mol. The number of morpholine rings is 1. The van der Waals surface area contributed by atoms with Gasteiger partial charge < -0.3 is 9.64 Å². The molecule has 0 aromatic heterocycles. The van der Waals surface area contributed by atoms with E-state index in [1.165, 1.54) is 22.7 Å².